The summed E-state index contributed by atoms with van der Waals surface area (Å²) >= 11 is 0.697. The molecule has 0 unspecified atom stereocenters. The van der Waals surface area contributed by atoms with Gasteiger partial charge in [0.05, 0.1) is 16.5 Å². The number of hydrogen-bond acceptors (Lipinski definition) is 5. The number of fused-ring (bicyclic) bond motifs is 1. The molecule has 3 aromatic rings. The van der Waals surface area contributed by atoms with Gasteiger partial charge in [-0.3, -0.25) is 4.79 Å². The molecule has 124 valence electrons. The van der Waals surface area contributed by atoms with Gasteiger partial charge in [0.2, 0.25) is 11.2 Å². The maximum atomic E-state index is 13.3. The third-order valence-electron chi connectivity index (χ3n) is 3.23. The van der Waals surface area contributed by atoms with E-state index < -0.39 is 34.5 Å². The summed E-state index contributed by atoms with van der Waals surface area (Å²) in [5, 5.41) is 19.2. The average molecular weight is 356 g/mol. The number of thiophene rings is 1. The first-order valence-corrected chi connectivity index (χ1v) is 7.25. The molecular weight excluding hydrogens is 349 g/mol. The smallest absolute Gasteiger partial charge is 0.450 e. The molecule has 0 spiro atoms. The van der Waals surface area contributed by atoms with Gasteiger partial charge < -0.3 is 14.6 Å². The number of halogens is 3. The maximum Gasteiger partial charge on any atom is 0.450 e. The predicted molar refractivity (Wildman–Crippen MR) is 79.4 cm³/mol. The fraction of sp³-hybridized carbons (Fsp3) is 0.0667. The minimum atomic E-state index is -4.97. The fourth-order valence-electron chi connectivity index (χ4n) is 2.18. The van der Waals surface area contributed by atoms with Crippen molar-refractivity contribution in [3.05, 3.63) is 51.2 Å². The number of alkyl halides is 3. The molecule has 2 N–H and O–H groups in total. The van der Waals surface area contributed by atoms with Crippen LogP contribution in [0.2, 0.25) is 0 Å². The molecular formula is C15H7F3O5S. The summed E-state index contributed by atoms with van der Waals surface area (Å²) in [7, 11) is 0. The Balaban J connectivity index is 2.40. The molecule has 0 saturated carbocycles. The number of benzene rings is 1. The number of aromatic hydroxyl groups is 1. The molecule has 0 radical (unpaired) electrons. The van der Waals surface area contributed by atoms with Crippen molar-refractivity contribution >= 4 is 28.3 Å². The van der Waals surface area contributed by atoms with Gasteiger partial charge in [-0.15, -0.1) is 11.3 Å². The molecule has 2 aromatic heterocycles. The Hall–Kier alpha value is -2.81. The third kappa shape index (κ3) is 2.62. The number of carboxylic acid groups (broad SMARTS) is 1. The van der Waals surface area contributed by atoms with Crippen molar-refractivity contribution in [2.75, 3.05) is 0 Å². The summed E-state index contributed by atoms with van der Waals surface area (Å²) in [4.78, 5) is 23.3. The van der Waals surface area contributed by atoms with Crippen LogP contribution in [-0.4, -0.2) is 16.2 Å². The van der Waals surface area contributed by atoms with E-state index in [9.17, 15) is 27.9 Å². The molecule has 0 atom stereocenters. The zero-order chi connectivity index (χ0) is 17.6. The van der Waals surface area contributed by atoms with E-state index >= 15 is 0 Å². The highest BCUT2D eigenvalue weighted by atomic mass is 32.1. The van der Waals surface area contributed by atoms with E-state index in [1.807, 2.05) is 0 Å². The van der Waals surface area contributed by atoms with Gasteiger partial charge in [-0.2, -0.15) is 13.2 Å². The molecule has 0 aliphatic heterocycles. The van der Waals surface area contributed by atoms with Gasteiger partial charge in [-0.05, 0) is 18.2 Å². The molecule has 24 heavy (non-hydrogen) atoms. The van der Waals surface area contributed by atoms with Crippen LogP contribution in [0.3, 0.4) is 0 Å². The molecule has 0 aliphatic carbocycles. The van der Waals surface area contributed by atoms with E-state index in [4.69, 9.17) is 9.52 Å². The van der Waals surface area contributed by atoms with E-state index in [-0.39, 0.29) is 21.6 Å². The Morgan fingerprint density at radius 3 is 2.50 bits per heavy atom. The van der Waals surface area contributed by atoms with Crippen molar-refractivity contribution in [2.45, 2.75) is 6.18 Å². The van der Waals surface area contributed by atoms with Crippen molar-refractivity contribution < 1.29 is 32.6 Å². The summed E-state index contributed by atoms with van der Waals surface area (Å²) in [6, 6.07) is 4.19. The van der Waals surface area contributed by atoms with Gasteiger partial charge in [0, 0.05) is 16.3 Å². The van der Waals surface area contributed by atoms with Crippen molar-refractivity contribution in [1.82, 2.24) is 0 Å². The topological polar surface area (TPSA) is 87.7 Å². The van der Waals surface area contributed by atoms with Crippen molar-refractivity contribution in [1.29, 1.82) is 0 Å². The number of carboxylic acids is 1. The van der Waals surface area contributed by atoms with Gasteiger partial charge in [0.25, 0.3) is 0 Å². The molecule has 0 bridgehead atoms. The summed E-state index contributed by atoms with van der Waals surface area (Å²) in [5.74, 6) is -3.21. The molecule has 1 aromatic carbocycles. The SMILES string of the molecule is O=C(O)c1csc(-c2c(C(F)(F)F)oc3cc(O)ccc3c2=O)c1. The summed E-state index contributed by atoms with van der Waals surface area (Å²) in [6.07, 6.45) is -4.97. The number of hydrogen-bond donors (Lipinski definition) is 2. The van der Waals surface area contributed by atoms with Crippen molar-refractivity contribution in [3.63, 3.8) is 0 Å². The molecule has 0 amide bonds. The van der Waals surface area contributed by atoms with E-state index in [1.54, 1.807) is 0 Å². The van der Waals surface area contributed by atoms with Crippen LogP contribution in [0, 0.1) is 0 Å². The van der Waals surface area contributed by atoms with Crippen LogP contribution in [0.5, 0.6) is 5.75 Å². The first kappa shape index (κ1) is 16.1. The Morgan fingerprint density at radius 2 is 1.92 bits per heavy atom. The van der Waals surface area contributed by atoms with Crippen LogP contribution in [0.15, 0.2) is 38.9 Å². The number of phenolic OH excluding ortho intramolecular Hbond substituents is 1. The van der Waals surface area contributed by atoms with Gasteiger partial charge in [0.1, 0.15) is 11.3 Å². The van der Waals surface area contributed by atoms with Gasteiger partial charge in [-0.25, -0.2) is 4.79 Å². The molecule has 0 aliphatic rings. The summed E-state index contributed by atoms with van der Waals surface area (Å²) in [5.41, 5.74) is -2.35. The monoisotopic (exact) mass is 356 g/mol. The highest BCUT2D eigenvalue weighted by Gasteiger charge is 2.39. The lowest BCUT2D eigenvalue weighted by molar-refractivity contribution is -0.152. The number of rotatable bonds is 2. The third-order valence-corrected chi connectivity index (χ3v) is 4.17. The molecule has 3 rings (SSSR count). The molecule has 5 nitrogen and oxygen atoms in total. The zero-order valence-electron chi connectivity index (χ0n) is 11.5. The predicted octanol–water partition coefficient (Wildman–Crippen LogP) is 3.94. The first-order chi connectivity index (χ1) is 11.2. The largest absolute Gasteiger partial charge is 0.508 e. The highest BCUT2D eigenvalue weighted by molar-refractivity contribution is 7.13. The Morgan fingerprint density at radius 1 is 1.21 bits per heavy atom. The lowest BCUT2D eigenvalue weighted by Crippen LogP contribution is -2.15. The molecule has 0 saturated heterocycles. The highest BCUT2D eigenvalue weighted by Crippen LogP contribution is 2.39. The summed E-state index contributed by atoms with van der Waals surface area (Å²) in [6.45, 7) is 0. The van der Waals surface area contributed by atoms with E-state index in [0.717, 1.165) is 29.6 Å². The van der Waals surface area contributed by atoms with Gasteiger partial charge in [0.15, 0.2) is 0 Å². The lowest BCUT2D eigenvalue weighted by atomic mass is 10.1. The van der Waals surface area contributed by atoms with Crippen LogP contribution in [0.1, 0.15) is 16.1 Å². The molecule has 0 fully saturated rings. The molecule has 9 heteroatoms. The molecule has 2 heterocycles. The second-order valence-electron chi connectivity index (χ2n) is 4.82. The number of aromatic carboxylic acids is 1. The van der Waals surface area contributed by atoms with E-state index in [0.29, 0.717) is 11.3 Å². The van der Waals surface area contributed by atoms with E-state index in [2.05, 4.69) is 0 Å². The zero-order valence-corrected chi connectivity index (χ0v) is 12.4. The average Bonchev–Trinajstić information content (AvgIpc) is 2.95. The quantitative estimate of drug-likeness (QED) is 0.726. The first-order valence-electron chi connectivity index (χ1n) is 6.37. The fourth-order valence-corrected chi connectivity index (χ4v) is 3.11. The second-order valence-corrected chi connectivity index (χ2v) is 5.73. The summed E-state index contributed by atoms with van der Waals surface area (Å²) < 4.78 is 44.7. The second kappa shape index (κ2) is 5.38. The Bertz CT molecular complexity index is 1020. The normalized spacial score (nSPS) is 11.8. The van der Waals surface area contributed by atoms with Crippen LogP contribution >= 0.6 is 11.3 Å². The number of carbonyl (C=O) groups is 1. The minimum Gasteiger partial charge on any atom is -0.508 e. The van der Waals surface area contributed by atoms with Crippen LogP contribution in [-0.2, 0) is 6.18 Å². The van der Waals surface area contributed by atoms with Crippen LogP contribution < -0.4 is 5.43 Å². The van der Waals surface area contributed by atoms with Gasteiger partial charge >= 0.3 is 12.1 Å². The van der Waals surface area contributed by atoms with E-state index in [1.165, 1.54) is 0 Å². The standard InChI is InChI=1S/C15H7F3O5S/c16-15(17,18)13-11(10-3-6(5-24-10)14(21)22)12(20)8-2-1-7(19)4-9(8)23-13/h1-5,19H,(H,21,22). The maximum absolute atomic E-state index is 13.3. The van der Waals surface area contributed by atoms with Crippen molar-refractivity contribution in [2.24, 2.45) is 0 Å². The van der Waals surface area contributed by atoms with Crippen molar-refractivity contribution in [3.8, 4) is 16.2 Å². The van der Waals surface area contributed by atoms with Crippen LogP contribution in [0.25, 0.3) is 21.4 Å². The van der Waals surface area contributed by atoms with Crippen LogP contribution in [0.4, 0.5) is 13.2 Å². The van der Waals surface area contributed by atoms with Gasteiger partial charge in [-0.1, -0.05) is 0 Å². The minimum absolute atomic E-state index is 0.152. The lowest BCUT2D eigenvalue weighted by Gasteiger charge is -2.11. The Labute approximate surface area is 135 Å². The number of phenols is 1. The Kier molecular flexibility index (Phi) is 3.60.